The highest BCUT2D eigenvalue weighted by Crippen LogP contribution is 2.29. The lowest BCUT2D eigenvalue weighted by atomic mass is 10.0. The maximum atomic E-state index is 12.3. The quantitative estimate of drug-likeness (QED) is 0.845. The molecule has 4 nitrogen and oxygen atoms in total. The number of amides is 1. The first-order chi connectivity index (χ1) is 9.31. The van der Waals surface area contributed by atoms with E-state index in [1.54, 1.807) is 32.9 Å². The Balaban J connectivity index is 2.83. The first-order valence-electron chi connectivity index (χ1n) is 6.33. The highest BCUT2D eigenvalue weighted by Gasteiger charge is 2.18. The summed E-state index contributed by atoms with van der Waals surface area (Å²) in [6.07, 6.45) is -0.876. The number of para-hydroxylation sites is 1. The molecule has 0 radical (unpaired) electrons. The van der Waals surface area contributed by atoms with Gasteiger partial charge in [-0.15, -0.1) is 0 Å². The summed E-state index contributed by atoms with van der Waals surface area (Å²) >= 11 is 0. The molecule has 6 heteroatoms. The first-order valence-corrected chi connectivity index (χ1v) is 6.33. The van der Waals surface area contributed by atoms with Gasteiger partial charge in [-0.25, -0.2) is 0 Å². The van der Waals surface area contributed by atoms with Gasteiger partial charge in [-0.1, -0.05) is 26.0 Å². The average molecular weight is 287 g/mol. The van der Waals surface area contributed by atoms with Crippen molar-refractivity contribution in [3.8, 4) is 5.75 Å². The Hall–Kier alpha value is -1.69. The smallest absolute Gasteiger partial charge is 0.387 e. The Morgan fingerprint density at radius 1 is 1.40 bits per heavy atom. The number of carbonyl (C=O) groups is 1. The fourth-order valence-electron chi connectivity index (χ4n) is 1.61. The van der Waals surface area contributed by atoms with Gasteiger partial charge in [-0.2, -0.15) is 8.78 Å². The van der Waals surface area contributed by atoms with E-state index in [-0.39, 0.29) is 23.8 Å². The van der Waals surface area contributed by atoms with Crippen molar-refractivity contribution >= 4 is 11.6 Å². The largest absolute Gasteiger partial charge is 0.433 e. The van der Waals surface area contributed by atoms with E-state index in [0.29, 0.717) is 5.56 Å². The van der Waals surface area contributed by atoms with Gasteiger partial charge >= 0.3 is 6.61 Å². The average Bonchev–Trinajstić information content (AvgIpc) is 2.32. The zero-order chi connectivity index (χ0) is 15.3. The number of carbonyl (C=O) groups excluding carboxylic acids is 1. The van der Waals surface area contributed by atoms with Gasteiger partial charge in [0.2, 0.25) is 5.91 Å². The number of hydrogen-bond donors (Lipinski definition) is 2. The minimum Gasteiger partial charge on any atom is -0.433 e. The summed E-state index contributed by atoms with van der Waals surface area (Å²) in [4.78, 5) is 11.8. The third kappa shape index (κ3) is 4.77. The second kappa shape index (κ2) is 7.19. The first kappa shape index (κ1) is 16.4. The molecule has 1 atom stereocenters. The monoisotopic (exact) mass is 287 g/mol. The predicted molar refractivity (Wildman–Crippen MR) is 71.9 cm³/mol. The molecule has 1 unspecified atom stereocenters. The Labute approximate surface area is 116 Å². The van der Waals surface area contributed by atoms with Gasteiger partial charge in [0.1, 0.15) is 5.75 Å². The normalized spacial score (nSPS) is 12.6. The fraction of sp³-hybridized carbons (Fsp3) is 0.500. The van der Waals surface area contributed by atoms with Crippen molar-refractivity contribution in [3.05, 3.63) is 23.8 Å². The van der Waals surface area contributed by atoms with Gasteiger partial charge in [0.15, 0.2) is 0 Å². The predicted octanol–water partition coefficient (Wildman–Crippen LogP) is 2.94. The second-order valence-corrected chi connectivity index (χ2v) is 4.89. The van der Waals surface area contributed by atoms with Crippen molar-refractivity contribution < 1.29 is 23.4 Å². The van der Waals surface area contributed by atoms with Crippen molar-refractivity contribution in [3.63, 3.8) is 0 Å². The zero-order valence-corrected chi connectivity index (χ0v) is 11.7. The van der Waals surface area contributed by atoms with Crippen LogP contribution in [0.15, 0.2) is 18.2 Å². The molecule has 0 spiro atoms. The van der Waals surface area contributed by atoms with E-state index >= 15 is 0 Å². The summed E-state index contributed by atoms with van der Waals surface area (Å²) in [6.45, 7) is 2.29. The Morgan fingerprint density at radius 2 is 2.05 bits per heavy atom. The molecule has 1 aromatic rings. The van der Waals surface area contributed by atoms with Crippen molar-refractivity contribution in [1.29, 1.82) is 0 Å². The maximum absolute atomic E-state index is 12.3. The Kier molecular flexibility index (Phi) is 5.88. The fourth-order valence-corrected chi connectivity index (χ4v) is 1.61. The van der Waals surface area contributed by atoms with E-state index in [1.807, 2.05) is 0 Å². The van der Waals surface area contributed by atoms with Crippen LogP contribution in [0.4, 0.5) is 14.5 Å². The molecule has 20 heavy (non-hydrogen) atoms. The van der Waals surface area contributed by atoms with Gasteiger partial charge in [-0.05, 0) is 24.5 Å². The van der Waals surface area contributed by atoms with Crippen molar-refractivity contribution in [2.45, 2.75) is 39.9 Å². The summed E-state index contributed by atoms with van der Waals surface area (Å²) < 4.78 is 29.0. The molecular weight excluding hydrogens is 268 g/mol. The third-order valence-electron chi connectivity index (χ3n) is 2.88. The standard InChI is InChI=1S/C14H19F2NO3/c1-8(2)10(18)7-12(19)17-13-9(3)5-4-6-11(13)20-14(15)16/h4-6,8,10,14,18H,7H2,1-3H3,(H,17,19). The van der Waals surface area contributed by atoms with Crippen LogP contribution in [0.3, 0.4) is 0 Å². The minimum atomic E-state index is -2.96. The molecular formula is C14H19F2NO3. The van der Waals surface area contributed by atoms with E-state index in [9.17, 15) is 18.7 Å². The topological polar surface area (TPSA) is 58.6 Å². The maximum Gasteiger partial charge on any atom is 0.387 e. The molecule has 0 aromatic heterocycles. The number of anilines is 1. The number of aliphatic hydroxyl groups is 1. The number of alkyl halides is 2. The van der Waals surface area contributed by atoms with Crippen LogP contribution < -0.4 is 10.1 Å². The number of rotatable bonds is 6. The number of halogens is 2. The molecule has 0 aliphatic rings. The van der Waals surface area contributed by atoms with E-state index in [0.717, 1.165) is 0 Å². The number of benzene rings is 1. The number of aliphatic hydroxyl groups excluding tert-OH is 1. The molecule has 1 rings (SSSR count). The summed E-state index contributed by atoms with van der Waals surface area (Å²) in [5.41, 5.74) is 0.810. The number of nitrogens with one attached hydrogen (secondary N) is 1. The Morgan fingerprint density at radius 3 is 2.60 bits per heavy atom. The molecule has 0 heterocycles. The summed E-state index contributed by atoms with van der Waals surface area (Å²) in [5, 5.41) is 12.2. The molecule has 1 aromatic carbocycles. The number of ether oxygens (including phenoxy) is 1. The molecule has 1 amide bonds. The molecule has 0 fully saturated rings. The zero-order valence-electron chi connectivity index (χ0n) is 11.7. The number of aryl methyl sites for hydroxylation is 1. The highest BCUT2D eigenvalue weighted by molar-refractivity contribution is 5.93. The molecule has 2 N–H and O–H groups in total. The molecule has 0 aliphatic carbocycles. The van der Waals surface area contributed by atoms with Crippen LogP contribution in [0.2, 0.25) is 0 Å². The van der Waals surface area contributed by atoms with Crippen molar-refractivity contribution in [2.75, 3.05) is 5.32 Å². The molecule has 0 bridgehead atoms. The van der Waals surface area contributed by atoms with Crippen LogP contribution in [0.5, 0.6) is 5.75 Å². The molecule has 0 saturated carbocycles. The van der Waals surface area contributed by atoms with Gasteiger partial charge in [0, 0.05) is 0 Å². The van der Waals surface area contributed by atoms with Gasteiger partial charge in [-0.3, -0.25) is 4.79 Å². The minimum absolute atomic E-state index is 0.0607. The highest BCUT2D eigenvalue weighted by atomic mass is 19.3. The van der Waals surface area contributed by atoms with Crippen LogP contribution in [0.1, 0.15) is 25.8 Å². The molecule has 0 saturated heterocycles. The van der Waals surface area contributed by atoms with E-state index < -0.39 is 18.6 Å². The third-order valence-corrected chi connectivity index (χ3v) is 2.88. The lowest BCUT2D eigenvalue weighted by molar-refractivity contribution is -0.118. The van der Waals surface area contributed by atoms with Crippen LogP contribution in [0, 0.1) is 12.8 Å². The SMILES string of the molecule is Cc1cccc(OC(F)F)c1NC(=O)CC(O)C(C)C. The van der Waals surface area contributed by atoms with Crippen molar-refractivity contribution in [2.24, 2.45) is 5.92 Å². The lowest BCUT2D eigenvalue weighted by Gasteiger charge is -2.17. The molecule has 0 aliphatic heterocycles. The van der Waals surface area contributed by atoms with E-state index in [4.69, 9.17) is 0 Å². The van der Waals surface area contributed by atoms with E-state index in [1.165, 1.54) is 6.07 Å². The summed E-state index contributed by atoms with van der Waals surface area (Å²) in [7, 11) is 0. The van der Waals surface area contributed by atoms with Crippen molar-refractivity contribution in [1.82, 2.24) is 0 Å². The number of hydrogen-bond acceptors (Lipinski definition) is 3. The summed E-state index contributed by atoms with van der Waals surface area (Å²) in [6, 6.07) is 4.59. The van der Waals surface area contributed by atoms with Crippen LogP contribution in [-0.2, 0) is 4.79 Å². The van der Waals surface area contributed by atoms with Gasteiger partial charge < -0.3 is 15.2 Å². The van der Waals surface area contributed by atoms with Gasteiger partial charge in [0.05, 0.1) is 18.2 Å². The van der Waals surface area contributed by atoms with Crippen LogP contribution >= 0.6 is 0 Å². The van der Waals surface area contributed by atoms with Crippen LogP contribution in [0.25, 0.3) is 0 Å². The Bertz CT molecular complexity index is 464. The second-order valence-electron chi connectivity index (χ2n) is 4.89. The van der Waals surface area contributed by atoms with Gasteiger partial charge in [0.25, 0.3) is 0 Å². The summed E-state index contributed by atoms with van der Waals surface area (Å²) in [5.74, 6) is -0.596. The van der Waals surface area contributed by atoms with E-state index in [2.05, 4.69) is 10.1 Å². The lowest BCUT2D eigenvalue weighted by Crippen LogP contribution is -2.24. The molecule has 112 valence electrons. The van der Waals surface area contributed by atoms with Crippen LogP contribution in [-0.4, -0.2) is 23.7 Å².